The van der Waals surface area contributed by atoms with Crippen molar-refractivity contribution in [3.8, 4) is 0 Å². The summed E-state index contributed by atoms with van der Waals surface area (Å²) in [6.07, 6.45) is -4.68. The number of sulfonamides is 1. The van der Waals surface area contributed by atoms with Gasteiger partial charge in [0.1, 0.15) is 5.15 Å². The molecular formula is C14H12Cl2F3N3O3S. The van der Waals surface area contributed by atoms with E-state index in [4.69, 9.17) is 23.2 Å². The molecule has 1 atom stereocenters. The number of nitrogens with zero attached hydrogens (tertiary/aromatic N) is 2. The molecule has 1 heterocycles. The Kier molecular flexibility index (Phi) is 5.89. The molecule has 0 saturated carbocycles. The molecule has 1 aromatic carbocycles. The summed E-state index contributed by atoms with van der Waals surface area (Å²) in [6, 6.07) is 3.89. The van der Waals surface area contributed by atoms with Gasteiger partial charge >= 0.3 is 6.18 Å². The summed E-state index contributed by atoms with van der Waals surface area (Å²) < 4.78 is 64.5. The maximum absolute atomic E-state index is 12.5. The summed E-state index contributed by atoms with van der Waals surface area (Å²) in [4.78, 5) is 15.5. The molecule has 1 aromatic heterocycles. The van der Waals surface area contributed by atoms with E-state index in [0.717, 1.165) is 10.9 Å². The van der Waals surface area contributed by atoms with E-state index in [2.05, 4.69) is 4.98 Å². The van der Waals surface area contributed by atoms with Crippen LogP contribution in [0.15, 0.2) is 35.5 Å². The van der Waals surface area contributed by atoms with Crippen LogP contribution in [-0.2, 0) is 10.0 Å². The van der Waals surface area contributed by atoms with Gasteiger partial charge in [-0.1, -0.05) is 23.2 Å². The number of halogens is 5. The predicted molar refractivity (Wildman–Crippen MR) is 88.7 cm³/mol. The molecule has 0 aliphatic rings. The van der Waals surface area contributed by atoms with E-state index >= 15 is 0 Å². The Morgan fingerprint density at radius 2 is 1.85 bits per heavy atom. The Bertz CT molecular complexity index is 912. The van der Waals surface area contributed by atoms with Gasteiger partial charge in [-0.15, -0.1) is 0 Å². The maximum atomic E-state index is 12.5. The minimum atomic E-state index is -4.44. The fraction of sp³-hybridized carbons (Fsp3) is 0.286. The van der Waals surface area contributed by atoms with Gasteiger partial charge in [-0.3, -0.25) is 4.79 Å². The molecule has 0 bridgehead atoms. The quantitative estimate of drug-likeness (QED) is 0.782. The number of hydrogen-bond donors (Lipinski definition) is 1. The Morgan fingerprint density at radius 1 is 1.27 bits per heavy atom. The van der Waals surface area contributed by atoms with Crippen LogP contribution in [0.5, 0.6) is 0 Å². The summed E-state index contributed by atoms with van der Waals surface area (Å²) in [5, 5.41) is -0.0960. The summed E-state index contributed by atoms with van der Waals surface area (Å²) in [6.45, 7) is 1.24. The highest BCUT2D eigenvalue weighted by Gasteiger charge is 2.32. The highest BCUT2D eigenvalue weighted by molar-refractivity contribution is 7.90. The van der Waals surface area contributed by atoms with Crippen molar-refractivity contribution in [3.05, 3.63) is 46.5 Å². The van der Waals surface area contributed by atoms with Crippen molar-refractivity contribution < 1.29 is 26.4 Å². The first-order chi connectivity index (χ1) is 11.9. The van der Waals surface area contributed by atoms with Gasteiger partial charge in [-0.25, -0.2) is 18.1 Å². The SMILES string of the molecule is CC(CC(F)(F)F)n1cnc(C(=O)NS(=O)(=O)c2ccc(Cl)cc2)c1Cl. The lowest BCUT2D eigenvalue weighted by Gasteiger charge is -2.16. The van der Waals surface area contributed by atoms with E-state index in [0.29, 0.717) is 5.02 Å². The third-order valence-electron chi connectivity index (χ3n) is 3.30. The fourth-order valence-corrected chi connectivity index (χ4v) is 3.51. The molecule has 2 rings (SSSR count). The highest BCUT2D eigenvalue weighted by Crippen LogP contribution is 2.30. The van der Waals surface area contributed by atoms with Gasteiger partial charge in [0.05, 0.1) is 17.6 Å². The van der Waals surface area contributed by atoms with Crippen LogP contribution < -0.4 is 4.72 Å². The van der Waals surface area contributed by atoms with Gasteiger partial charge in [0.2, 0.25) is 0 Å². The van der Waals surface area contributed by atoms with E-state index in [-0.39, 0.29) is 4.90 Å². The second-order valence-corrected chi connectivity index (χ2v) is 7.82. The van der Waals surface area contributed by atoms with Crippen LogP contribution in [0.4, 0.5) is 13.2 Å². The third-order valence-corrected chi connectivity index (χ3v) is 5.27. The number of amides is 1. The number of benzene rings is 1. The van der Waals surface area contributed by atoms with Crippen molar-refractivity contribution in [2.45, 2.75) is 30.5 Å². The molecule has 0 spiro atoms. The van der Waals surface area contributed by atoms with E-state index in [1.807, 2.05) is 0 Å². The Morgan fingerprint density at radius 3 is 2.38 bits per heavy atom. The standard InChI is InChI=1S/C14H12Cl2F3N3O3S/c1-8(6-14(17,18)19)22-7-20-11(12(22)16)13(23)21-26(24,25)10-4-2-9(15)3-5-10/h2-5,7-8H,6H2,1H3,(H,21,23). The summed E-state index contributed by atoms with van der Waals surface area (Å²) in [7, 11) is -4.23. The van der Waals surface area contributed by atoms with Crippen molar-refractivity contribution >= 4 is 39.1 Å². The average molecular weight is 430 g/mol. The number of aromatic nitrogens is 2. The van der Waals surface area contributed by atoms with Crippen LogP contribution in [-0.4, -0.2) is 30.1 Å². The molecule has 12 heteroatoms. The van der Waals surface area contributed by atoms with Gasteiger partial charge < -0.3 is 4.57 Å². The van der Waals surface area contributed by atoms with Gasteiger partial charge in [-0.05, 0) is 31.2 Å². The maximum Gasteiger partial charge on any atom is 0.391 e. The molecule has 1 unspecified atom stereocenters. The lowest BCUT2D eigenvalue weighted by Crippen LogP contribution is -2.31. The third kappa shape index (κ3) is 4.89. The molecule has 0 aliphatic carbocycles. The molecule has 6 nitrogen and oxygen atoms in total. The molecule has 2 aromatic rings. The lowest BCUT2D eigenvalue weighted by molar-refractivity contribution is -0.141. The molecule has 0 aliphatic heterocycles. The number of alkyl halides is 3. The first kappa shape index (κ1) is 20.5. The number of carbonyl (C=O) groups excluding carboxylic acids is 1. The van der Waals surface area contributed by atoms with Crippen molar-refractivity contribution in [2.24, 2.45) is 0 Å². The molecule has 142 valence electrons. The Balaban J connectivity index is 2.21. The van der Waals surface area contributed by atoms with E-state index in [9.17, 15) is 26.4 Å². The van der Waals surface area contributed by atoms with Crippen LogP contribution in [0.1, 0.15) is 29.9 Å². The van der Waals surface area contributed by atoms with Crippen LogP contribution in [0, 0.1) is 0 Å². The number of nitrogens with one attached hydrogen (secondary N) is 1. The zero-order valence-electron chi connectivity index (χ0n) is 13.1. The van der Waals surface area contributed by atoms with Crippen molar-refractivity contribution in [1.82, 2.24) is 14.3 Å². The molecule has 26 heavy (non-hydrogen) atoms. The molecule has 1 N–H and O–H groups in total. The highest BCUT2D eigenvalue weighted by atomic mass is 35.5. The molecule has 0 radical (unpaired) electrons. The monoisotopic (exact) mass is 429 g/mol. The average Bonchev–Trinajstić information content (AvgIpc) is 2.87. The van der Waals surface area contributed by atoms with E-state index in [1.54, 1.807) is 4.72 Å². The van der Waals surface area contributed by atoms with Crippen LogP contribution >= 0.6 is 23.2 Å². The normalized spacial score (nSPS) is 13.5. The van der Waals surface area contributed by atoms with Gasteiger partial charge in [-0.2, -0.15) is 13.2 Å². The summed E-state index contributed by atoms with van der Waals surface area (Å²) >= 11 is 11.6. The van der Waals surface area contributed by atoms with E-state index < -0.39 is 45.4 Å². The van der Waals surface area contributed by atoms with Gasteiger partial charge in [0.25, 0.3) is 15.9 Å². The second kappa shape index (κ2) is 7.45. The molecular weight excluding hydrogens is 418 g/mol. The molecule has 0 fully saturated rings. The predicted octanol–water partition coefficient (Wildman–Crippen LogP) is 3.82. The van der Waals surface area contributed by atoms with Gasteiger partial charge in [0.15, 0.2) is 5.69 Å². The number of rotatable bonds is 5. The number of carbonyl (C=O) groups is 1. The molecule has 0 saturated heterocycles. The van der Waals surface area contributed by atoms with E-state index in [1.165, 1.54) is 31.2 Å². The minimum Gasteiger partial charge on any atom is -0.318 e. The van der Waals surface area contributed by atoms with Crippen molar-refractivity contribution in [1.29, 1.82) is 0 Å². The fourth-order valence-electron chi connectivity index (χ4n) is 2.08. The lowest BCUT2D eigenvalue weighted by atomic mass is 10.2. The Hall–Kier alpha value is -1.78. The first-order valence-electron chi connectivity index (χ1n) is 7.02. The Labute approximate surface area is 157 Å². The summed E-state index contributed by atoms with van der Waals surface area (Å²) in [5.41, 5.74) is -0.502. The zero-order valence-corrected chi connectivity index (χ0v) is 15.4. The van der Waals surface area contributed by atoms with Crippen LogP contribution in [0.3, 0.4) is 0 Å². The summed E-state index contributed by atoms with van der Waals surface area (Å²) in [5.74, 6) is -1.16. The van der Waals surface area contributed by atoms with Crippen LogP contribution in [0.25, 0.3) is 0 Å². The number of imidazole rings is 1. The minimum absolute atomic E-state index is 0.226. The first-order valence-corrected chi connectivity index (χ1v) is 9.26. The second-order valence-electron chi connectivity index (χ2n) is 5.35. The topological polar surface area (TPSA) is 81.1 Å². The van der Waals surface area contributed by atoms with Crippen LogP contribution in [0.2, 0.25) is 10.2 Å². The molecule has 1 amide bonds. The number of hydrogen-bond acceptors (Lipinski definition) is 4. The smallest absolute Gasteiger partial charge is 0.318 e. The van der Waals surface area contributed by atoms with Gasteiger partial charge in [0, 0.05) is 11.1 Å². The van der Waals surface area contributed by atoms with Crippen molar-refractivity contribution in [3.63, 3.8) is 0 Å². The van der Waals surface area contributed by atoms with Crippen molar-refractivity contribution in [2.75, 3.05) is 0 Å². The largest absolute Gasteiger partial charge is 0.391 e. The zero-order chi connectivity index (χ0) is 19.7.